The Morgan fingerprint density at radius 1 is 1.04 bits per heavy atom. The lowest BCUT2D eigenvalue weighted by atomic mass is 10.1. The van der Waals surface area contributed by atoms with Crippen LogP contribution in [-0.2, 0) is 0 Å². The normalized spacial score (nSPS) is 12.4. The minimum absolute atomic E-state index is 0.217. The van der Waals surface area contributed by atoms with Crippen molar-refractivity contribution in [3.05, 3.63) is 40.9 Å². The Morgan fingerprint density at radius 2 is 1.76 bits per heavy atom. The van der Waals surface area contributed by atoms with Crippen LogP contribution in [0.3, 0.4) is 0 Å². The van der Waals surface area contributed by atoms with Gasteiger partial charge in [-0.25, -0.2) is 0 Å². The van der Waals surface area contributed by atoms with Crippen LogP contribution in [0.15, 0.2) is 51.1 Å². The molecule has 0 aliphatic carbocycles. The number of thiocarbonyl (C=S) groups is 1. The summed E-state index contributed by atoms with van der Waals surface area (Å²) in [6.45, 7) is 9.85. The SMILES string of the molecule is CC(C)(C)N=NC(C)(C)NC(=S)NNc1ccc2c(Br)cccc2c1. The summed E-state index contributed by atoms with van der Waals surface area (Å²) in [4.78, 5) is 0. The summed E-state index contributed by atoms with van der Waals surface area (Å²) in [5.74, 6) is 0. The second kappa shape index (κ2) is 7.66. The van der Waals surface area contributed by atoms with Crippen LogP contribution in [0, 0.1) is 0 Å². The van der Waals surface area contributed by atoms with E-state index in [1.807, 2.05) is 52.8 Å². The Balaban J connectivity index is 1.97. The summed E-state index contributed by atoms with van der Waals surface area (Å²) >= 11 is 8.89. The van der Waals surface area contributed by atoms with Crippen molar-refractivity contribution in [1.82, 2.24) is 10.7 Å². The van der Waals surface area contributed by atoms with Crippen LogP contribution in [-0.4, -0.2) is 16.3 Å². The van der Waals surface area contributed by atoms with Gasteiger partial charge >= 0.3 is 0 Å². The van der Waals surface area contributed by atoms with Gasteiger partial charge in [-0.1, -0.05) is 34.1 Å². The molecule has 7 heteroatoms. The number of benzene rings is 2. The summed E-state index contributed by atoms with van der Waals surface area (Å²) < 4.78 is 1.08. The van der Waals surface area contributed by atoms with Gasteiger partial charge in [-0.2, -0.15) is 10.2 Å². The smallest absolute Gasteiger partial charge is 0.187 e. The predicted octanol–water partition coefficient (Wildman–Crippen LogP) is 5.38. The molecule has 5 nitrogen and oxygen atoms in total. The fourth-order valence-corrected chi connectivity index (χ4v) is 2.87. The maximum absolute atomic E-state index is 5.33. The van der Waals surface area contributed by atoms with Crippen molar-refractivity contribution in [3.8, 4) is 0 Å². The van der Waals surface area contributed by atoms with Gasteiger partial charge in [0.25, 0.3) is 0 Å². The molecule has 3 N–H and O–H groups in total. The van der Waals surface area contributed by atoms with Gasteiger partial charge in [-0.05, 0) is 75.8 Å². The van der Waals surface area contributed by atoms with Gasteiger partial charge in [-0.3, -0.25) is 10.9 Å². The Kier molecular flexibility index (Phi) is 6.00. The number of hydrogen-bond acceptors (Lipinski definition) is 4. The predicted molar refractivity (Wildman–Crippen MR) is 113 cm³/mol. The second-order valence-electron chi connectivity index (χ2n) is 7.31. The van der Waals surface area contributed by atoms with Crippen LogP contribution in [0.5, 0.6) is 0 Å². The van der Waals surface area contributed by atoms with Gasteiger partial charge in [0.15, 0.2) is 5.11 Å². The maximum atomic E-state index is 5.33. The molecule has 134 valence electrons. The highest BCUT2D eigenvalue weighted by molar-refractivity contribution is 9.10. The molecule has 25 heavy (non-hydrogen) atoms. The van der Waals surface area contributed by atoms with E-state index in [2.05, 4.69) is 60.5 Å². The standard InChI is InChI=1S/C18H24BrN5S/c1-17(2,3)23-24-18(4,5)20-16(25)22-21-13-9-10-14-12(11-13)7-6-8-15(14)19/h6-11,21H,1-5H3,(H2,20,22,25). The highest BCUT2D eigenvalue weighted by Gasteiger charge is 2.19. The summed E-state index contributed by atoms with van der Waals surface area (Å²) in [6.07, 6.45) is 0. The van der Waals surface area contributed by atoms with Crippen LogP contribution >= 0.6 is 28.1 Å². The summed E-state index contributed by atoms with van der Waals surface area (Å²) in [6, 6.07) is 12.2. The summed E-state index contributed by atoms with van der Waals surface area (Å²) in [5.41, 5.74) is 6.21. The zero-order chi connectivity index (χ0) is 18.7. The molecule has 0 aromatic heterocycles. The minimum Gasteiger partial charge on any atom is -0.336 e. The number of rotatable bonds is 4. The van der Waals surface area contributed by atoms with E-state index < -0.39 is 5.66 Å². The zero-order valence-corrected chi connectivity index (χ0v) is 17.5. The van der Waals surface area contributed by atoms with E-state index in [4.69, 9.17) is 12.2 Å². The van der Waals surface area contributed by atoms with E-state index in [0.717, 1.165) is 20.9 Å². The summed E-state index contributed by atoms with van der Waals surface area (Å²) in [5, 5.41) is 14.5. The van der Waals surface area contributed by atoms with Crippen molar-refractivity contribution in [2.24, 2.45) is 10.2 Å². The first kappa shape index (κ1) is 19.6. The van der Waals surface area contributed by atoms with Gasteiger partial charge in [0.2, 0.25) is 0 Å². The van der Waals surface area contributed by atoms with Crippen LogP contribution in [0.1, 0.15) is 34.6 Å². The summed E-state index contributed by atoms with van der Waals surface area (Å²) in [7, 11) is 0. The topological polar surface area (TPSA) is 60.8 Å². The molecule has 0 heterocycles. The number of azo groups is 1. The van der Waals surface area contributed by atoms with Gasteiger partial charge in [0.1, 0.15) is 5.66 Å². The lowest BCUT2D eigenvalue weighted by molar-refractivity contribution is 0.415. The highest BCUT2D eigenvalue weighted by Crippen LogP contribution is 2.26. The van der Waals surface area contributed by atoms with E-state index in [-0.39, 0.29) is 5.54 Å². The number of fused-ring (bicyclic) bond motifs is 1. The molecule has 0 atom stereocenters. The van der Waals surface area contributed by atoms with Gasteiger partial charge in [0.05, 0.1) is 11.2 Å². The average Bonchev–Trinajstić information content (AvgIpc) is 2.50. The third-order valence-corrected chi connectivity index (χ3v) is 4.06. The highest BCUT2D eigenvalue weighted by atomic mass is 79.9. The van der Waals surface area contributed by atoms with E-state index in [1.54, 1.807) is 0 Å². The van der Waals surface area contributed by atoms with Crippen molar-refractivity contribution in [1.29, 1.82) is 0 Å². The number of hydrogen-bond donors (Lipinski definition) is 3. The van der Waals surface area contributed by atoms with Crippen molar-refractivity contribution >= 4 is 49.7 Å². The van der Waals surface area contributed by atoms with Crippen LogP contribution in [0.2, 0.25) is 0 Å². The van der Waals surface area contributed by atoms with Crippen molar-refractivity contribution in [2.75, 3.05) is 5.43 Å². The first-order chi connectivity index (χ1) is 11.6. The number of nitrogens with one attached hydrogen (secondary N) is 3. The molecule has 0 saturated carbocycles. The molecule has 0 amide bonds. The first-order valence-corrected chi connectivity index (χ1v) is 9.22. The Morgan fingerprint density at radius 3 is 2.44 bits per heavy atom. The molecule has 0 saturated heterocycles. The van der Waals surface area contributed by atoms with Crippen molar-refractivity contribution in [3.63, 3.8) is 0 Å². The lowest BCUT2D eigenvalue weighted by Gasteiger charge is -2.24. The molecule has 0 aliphatic rings. The van der Waals surface area contributed by atoms with Crippen molar-refractivity contribution < 1.29 is 0 Å². The average molecular weight is 422 g/mol. The quantitative estimate of drug-likeness (QED) is 0.352. The van der Waals surface area contributed by atoms with Gasteiger partial charge < -0.3 is 5.32 Å². The number of hydrazine groups is 1. The third kappa shape index (κ3) is 6.25. The second-order valence-corrected chi connectivity index (χ2v) is 8.57. The van der Waals surface area contributed by atoms with Crippen LogP contribution < -0.4 is 16.2 Å². The molecule has 0 fully saturated rings. The molecule has 2 aromatic carbocycles. The number of nitrogens with zero attached hydrogens (tertiary/aromatic N) is 2. The Bertz CT molecular complexity index is 796. The number of halogens is 1. The first-order valence-electron chi connectivity index (χ1n) is 8.02. The lowest BCUT2D eigenvalue weighted by Crippen LogP contribution is -2.48. The van der Waals surface area contributed by atoms with E-state index in [9.17, 15) is 0 Å². The Hall–Kier alpha value is -1.73. The molecular weight excluding hydrogens is 398 g/mol. The van der Waals surface area contributed by atoms with Gasteiger partial charge in [0, 0.05) is 4.47 Å². The van der Waals surface area contributed by atoms with E-state index in [1.165, 1.54) is 0 Å². The maximum Gasteiger partial charge on any atom is 0.187 e. The monoisotopic (exact) mass is 421 g/mol. The van der Waals surface area contributed by atoms with Gasteiger partial charge in [-0.15, -0.1) is 0 Å². The molecule has 0 aliphatic heterocycles. The fourth-order valence-electron chi connectivity index (χ4n) is 2.06. The van der Waals surface area contributed by atoms with E-state index in [0.29, 0.717) is 5.11 Å². The molecule has 2 aromatic rings. The molecule has 2 rings (SSSR count). The van der Waals surface area contributed by atoms with Crippen molar-refractivity contribution in [2.45, 2.75) is 45.8 Å². The van der Waals surface area contributed by atoms with Crippen LogP contribution in [0.25, 0.3) is 10.8 Å². The largest absolute Gasteiger partial charge is 0.336 e. The fraction of sp³-hybridized carbons (Fsp3) is 0.389. The third-order valence-electron chi connectivity index (χ3n) is 3.17. The van der Waals surface area contributed by atoms with Crippen LogP contribution in [0.4, 0.5) is 5.69 Å². The molecular formula is C18H24BrN5S. The molecule has 0 radical (unpaired) electrons. The molecule has 0 bridgehead atoms. The van der Waals surface area contributed by atoms with E-state index >= 15 is 0 Å². The molecule has 0 spiro atoms. The zero-order valence-electron chi connectivity index (χ0n) is 15.1. The molecule has 0 unspecified atom stereocenters. The minimum atomic E-state index is -0.590. The number of anilines is 1. The Labute approximate surface area is 162 Å².